The molecule has 0 rings (SSSR count). The molecule has 1 nitrogen and oxygen atoms in total. The number of hydrogen-bond acceptors (Lipinski definition) is 1. The minimum Gasteiger partial charge on any atom is -0.309 e. The number of nitrogens with one attached hydrogen (secondary N) is 1. The molecule has 3 heteroatoms. The van der Waals surface area contributed by atoms with Crippen LogP contribution in [0.3, 0.4) is 0 Å². The molecular weight excluding hydrogens is 124 g/mol. The molecule has 0 amide bonds. The monoisotopic (exact) mass is 137 g/mol. The molecule has 1 N–H and O–H groups in total. The van der Waals surface area contributed by atoms with Crippen molar-refractivity contribution in [2.45, 2.75) is 32.7 Å². The van der Waals surface area contributed by atoms with Crippen molar-refractivity contribution >= 4 is 0 Å². The molecule has 0 aliphatic rings. The Morgan fingerprint density at radius 1 is 1.56 bits per heavy atom. The van der Waals surface area contributed by atoms with Gasteiger partial charge in [-0.2, -0.15) is 0 Å². The highest BCUT2D eigenvalue weighted by Crippen LogP contribution is 2.15. The maximum atomic E-state index is 12.2. The zero-order chi connectivity index (χ0) is 7.49. The second-order valence-corrected chi connectivity index (χ2v) is 2.24. The van der Waals surface area contributed by atoms with Gasteiger partial charge in [0.25, 0.3) is 5.92 Å². The molecule has 9 heavy (non-hydrogen) atoms. The van der Waals surface area contributed by atoms with E-state index in [1.165, 1.54) is 6.92 Å². The molecular formula is C6H13F2N. The van der Waals surface area contributed by atoms with Gasteiger partial charge in [-0.05, 0) is 13.5 Å². The largest absolute Gasteiger partial charge is 0.309 e. The molecule has 0 aromatic carbocycles. The van der Waals surface area contributed by atoms with Gasteiger partial charge in [0.15, 0.2) is 0 Å². The van der Waals surface area contributed by atoms with Crippen molar-refractivity contribution in [3.8, 4) is 0 Å². The van der Waals surface area contributed by atoms with E-state index in [-0.39, 0.29) is 0 Å². The van der Waals surface area contributed by atoms with Gasteiger partial charge in [-0.3, -0.25) is 0 Å². The summed E-state index contributed by atoms with van der Waals surface area (Å²) in [6.07, 6.45) is 0. The Balaban J connectivity index is 3.59. The molecule has 0 heterocycles. The lowest BCUT2D eigenvalue weighted by Gasteiger charge is -2.19. The van der Waals surface area contributed by atoms with Gasteiger partial charge in [0.05, 0.1) is 6.04 Å². The summed E-state index contributed by atoms with van der Waals surface area (Å²) >= 11 is 0. The molecule has 0 aliphatic heterocycles. The maximum Gasteiger partial charge on any atom is 0.260 e. The third-order valence-electron chi connectivity index (χ3n) is 1.27. The van der Waals surface area contributed by atoms with Gasteiger partial charge in [-0.15, -0.1) is 0 Å². The Kier molecular flexibility index (Phi) is 3.04. The van der Waals surface area contributed by atoms with E-state index in [4.69, 9.17) is 0 Å². The van der Waals surface area contributed by atoms with E-state index in [0.29, 0.717) is 6.54 Å². The van der Waals surface area contributed by atoms with E-state index in [1.807, 2.05) is 6.92 Å². The maximum absolute atomic E-state index is 12.2. The van der Waals surface area contributed by atoms with Gasteiger partial charge in [0.1, 0.15) is 0 Å². The van der Waals surface area contributed by atoms with Crippen LogP contribution in [0.4, 0.5) is 8.78 Å². The summed E-state index contributed by atoms with van der Waals surface area (Å²) in [6.45, 7) is 4.79. The van der Waals surface area contributed by atoms with Crippen molar-refractivity contribution in [3.63, 3.8) is 0 Å². The quantitative estimate of drug-likeness (QED) is 0.623. The predicted molar refractivity (Wildman–Crippen MR) is 33.8 cm³/mol. The van der Waals surface area contributed by atoms with E-state index >= 15 is 0 Å². The van der Waals surface area contributed by atoms with E-state index in [2.05, 4.69) is 5.32 Å². The minimum atomic E-state index is -2.60. The summed E-state index contributed by atoms with van der Waals surface area (Å²) in [4.78, 5) is 0. The molecule has 0 aromatic heterocycles. The molecule has 1 unspecified atom stereocenters. The highest BCUT2D eigenvalue weighted by molar-refractivity contribution is 4.73. The fourth-order valence-electron chi connectivity index (χ4n) is 0.485. The Hall–Kier alpha value is -0.180. The first-order valence-corrected chi connectivity index (χ1v) is 3.09. The van der Waals surface area contributed by atoms with Crippen LogP contribution in [0.5, 0.6) is 0 Å². The highest BCUT2D eigenvalue weighted by Gasteiger charge is 2.28. The van der Waals surface area contributed by atoms with Crippen LogP contribution in [0, 0.1) is 0 Å². The molecule has 1 atom stereocenters. The topological polar surface area (TPSA) is 12.0 Å². The molecule has 0 radical (unpaired) electrons. The summed E-state index contributed by atoms with van der Waals surface area (Å²) in [5, 5.41) is 2.64. The zero-order valence-electron chi connectivity index (χ0n) is 6.04. The Bertz CT molecular complexity index is 77.6. The van der Waals surface area contributed by atoms with Crippen LogP contribution in [0.25, 0.3) is 0 Å². The fourth-order valence-corrected chi connectivity index (χ4v) is 0.485. The lowest BCUT2D eigenvalue weighted by atomic mass is 10.2. The molecule has 0 saturated carbocycles. The highest BCUT2D eigenvalue weighted by atomic mass is 19.3. The van der Waals surface area contributed by atoms with Crippen molar-refractivity contribution in [3.05, 3.63) is 0 Å². The van der Waals surface area contributed by atoms with Crippen molar-refractivity contribution in [1.29, 1.82) is 0 Å². The van der Waals surface area contributed by atoms with Gasteiger partial charge in [-0.25, -0.2) is 8.78 Å². The third kappa shape index (κ3) is 3.40. The smallest absolute Gasteiger partial charge is 0.260 e. The standard InChI is InChI=1S/C6H13F2N/c1-4-9-5(2)6(3,7)8/h5,9H,4H2,1-3H3. The van der Waals surface area contributed by atoms with Gasteiger partial charge in [0, 0.05) is 6.92 Å². The van der Waals surface area contributed by atoms with Crippen molar-refractivity contribution in [2.75, 3.05) is 6.54 Å². The number of halogens is 2. The van der Waals surface area contributed by atoms with Crippen LogP contribution in [-0.4, -0.2) is 18.5 Å². The van der Waals surface area contributed by atoms with E-state index in [9.17, 15) is 8.78 Å². The van der Waals surface area contributed by atoms with Crippen LogP contribution >= 0.6 is 0 Å². The van der Waals surface area contributed by atoms with Crippen LogP contribution in [-0.2, 0) is 0 Å². The molecule has 0 saturated heterocycles. The number of alkyl halides is 2. The van der Waals surface area contributed by atoms with Crippen molar-refractivity contribution in [1.82, 2.24) is 5.32 Å². The second-order valence-electron chi connectivity index (χ2n) is 2.24. The zero-order valence-corrected chi connectivity index (χ0v) is 6.04. The summed E-state index contributed by atoms with van der Waals surface area (Å²) in [6, 6.07) is -0.720. The Morgan fingerprint density at radius 3 is 2.11 bits per heavy atom. The first-order valence-electron chi connectivity index (χ1n) is 3.09. The van der Waals surface area contributed by atoms with Crippen LogP contribution in [0.2, 0.25) is 0 Å². The lowest BCUT2D eigenvalue weighted by Crippen LogP contribution is -2.40. The van der Waals surface area contributed by atoms with Crippen LogP contribution < -0.4 is 5.32 Å². The fraction of sp³-hybridized carbons (Fsp3) is 1.00. The third-order valence-corrected chi connectivity index (χ3v) is 1.27. The minimum absolute atomic E-state index is 0.588. The SMILES string of the molecule is CCNC(C)C(C)(F)F. The van der Waals surface area contributed by atoms with Gasteiger partial charge < -0.3 is 5.32 Å². The average molecular weight is 137 g/mol. The Labute approximate surface area is 54.4 Å². The summed E-state index contributed by atoms with van der Waals surface area (Å²) in [5.41, 5.74) is 0. The first-order chi connectivity index (χ1) is 3.98. The molecule has 56 valence electrons. The first kappa shape index (κ1) is 8.82. The van der Waals surface area contributed by atoms with E-state index in [1.54, 1.807) is 0 Å². The molecule has 0 fully saturated rings. The van der Waals surface area contributed by atoms with E-state index < -0.39 is 12.0 Å². The lowest BCUT2D eigenvalue weighted by molar-refractivity contribution is -0.0114. The summed E-state index contributed by atoms with van der Waals surface area (Å²) in [5.74, 6) is -2.60. The number of rotatable bonds is 3. The normalized spacial score (nSPS) is 15.7. The van der Waals surface area contributed by atoms with Crippen molar-refractivity contribution in [2.24, 2.45) is 0 Å². The van der Waals surface area contributed by atoms with Gasteiger partial charge in [-0.1, -0.05) is 6.92 Å². The summed E-state index contributed by atoms with van der Waals surface area (Å²) < 4.78 is 24.5. The van der Waals surface area contributed by atoms with Crippen LogP contribution in [0.15, 0.2) is 0 Å². The molecule has 0 spiro atoms. The van der Waals surface area contributed by atoms with Gasteiger partial charge in [0.2, 0.25) is 0 Å². The predicted octanol–water partition coefficient (Wildman–Crippen LogP) is 1.64. The van der Waals surface area contributed by atoms with Crippen LogP contribution in [0.1, 0.15) is 20.8 Å². The second kappa shape index (κ2) is 3.11. The molecule has 0 bridgehead atoms. The van der Waals surface area contributed by atoms with Gasteiger partial charge >= 0.3 is 0 Å². The van der Waals surface area contributed by atoms with Crippen molar-refractivity contribution < 1.29 is 8.78 Å². The van der Waals surface area contributed by atoms with E-state index in [0.717, 1.165) is 6.92 Å². The summed E-state index contributed by atoms with van der Waals surface area (Å²) in [7, 11) is 0. The molecule has 0 aliphatic carbocycles. The molecule has 0 aromatic rings. The average Bonchev–Trinajstić information content (AvgIpc) is 1.64. The number of hydrogen-bond donors (Lipinski definition) is 1. The Morgan fingerprint density at radius 2 is 2.00 bits per heavy atom.